The Morgan fingerprint density at radius 3 is 1.38 bits per heavy atom. The van der Waals surface area contributed by atoms with E-state index in [2.05, 4.69) is 58.0 Å². The monoisotopic (exact) mass is 212 g/mol. The molecule has 0 saturated carbocycles. The zero-order valence-corrected chi connectivity index (χ0v) is 10.6. The fraction of sp³-hybridized carbons (Fsp3) is 0.250. The molecule has 0 aliphatic heterocycles. The molecule has 0 aliphatic rings. The van der Waals surface area contributed by atoms with Gasteiger partial charge in [-0.05, 0) is 44.4 Å². The molecule has 0 heterocycles. The Hall–Kier alpha value is -1.56. The Kier molecular flexibility index (Phi) is 4.78. The second-order valence-electron chi connectivity index (χ2n) is 4.17. The molecule has 2 aromatic rings. The van der Waals surface area contributed by atoms with Gasteiger partial charge in [-0.15, -0.1) is 0 Å². The summed E-state index contributed by atoms with van der Waals surface area (Å²) in [4.78, 5) is 0. The molecular formula is C16H20. The Bertz CT molecular complexity index is 407. The fourth-order valence-corrected chi connectivity index (χ4v) is 1.43. The predicted molar refractivity (Wildman–Crippen MR) is 71.8 cm³/mol. The molecule has 16 heavy (non-hydrogen) atoms. The van der Waals surface area contributed by atoms with E-state index in [0.717, 1.165) is 0 Å². The summed E-state index contributed by atoms with van der Waals surface area (Å²) < 4.78 is 0. The number of hydrogen-bond acceptors (Lipinski definition) is 0. The van der Waals surface area contributed by atoms with Crippen LogP contribution in [0.25, 0.3) is 0 Å². The molecule has 0 amide bonds. The summed E-state index contributed by atoms with van der Waals surface area (Å²) in [6, 6.07) is 16.6. The number of rotatable bonds is 0. The molecule has 0 spiro atoms. The average Bonchev–Trinajstić information content (AvgIpc) is 2.28. The first-order chi connectivity index (χ1) is 7.61. The highest BCUT2D eigenvalue weighted by Crippen LogP contribution is 2.09. The van der Waals surface area contributed by atoms with Crippen molar-refractivity contribution in [3.8, 4) is 0 Å². The van der Waals surface area contributed by atoms with Crippen molar-refractivity contribution in [2.24, 2.45) is 0 Å². The van der Waals surface area contributed by atoms with Gasteiger partial charge in [-0.3, -0.25) is 0 Å². The Labute approximate surface area is 99.0 Å². The highest BCUT2D eigenvalue weighted by atomic mass is 14.0. The number of hydrogen-bond donors (Lipinski definition) is 0. The van der Waals surface area contributed by atoms with E-state index in [4.69, 9.17) is 0 Å². The summed E-state index contributed by atoms with van der Waals surface area (Å²) in [5.74, 6) is 0. The maximum Gasteiger partial charge on any atom is -0.0392 e. The molecule has 0 aliphatic carbocycles. The maximum absolute atomic E-state index is 2.16. The van der Waals surface area contributed by atoms with Crippen LogP contribution >= 0.6 is 0 Å². The second kappa shape index (κ2) is 6.12. The van der Waals surface area contributed by atoms with Crippen LogP contribution in [0, 0.1) is 27.7 Å². The van der Waals surface area contributed by atoms with E-state index in [-0.39, 0.29) is 0 Å². The number of benzene rings is 2. The second-order valence-corrected chi connectivity index (χ2v) is 4.17. The topological polar surface area (TPSA) is 0 Å². The van der Waals surface area contributed by atoms with E-state index in [1.54, 1.807) is 0 Å². The van der Waals surface area contributed by atoms with Crippen LogP contribution in [0.2, 0.25) is 0 Å². The summed E-state index contributed by atoms with van der Waals surface area (Å²) in [6.45, 7) is 8.52. The molecule has 84 valence electrons. The first kappa shape index (κ1) is 12.5. The molecule has 2 aromatic carbocycles. The van der Waals surface area contributed by atoms with Gasteiger partial charge in [0.15, 0.2) is 0 Å². The number of aryl methyl sites for hydroxylation is 3. The zero-order valence-electron chi connectivity index (χ0n) is 10.6. The van der Waals surface area contributed by atoms with Crippen LogP contribution in [0.3, 0.4) is 0 Å². The largest absolute Gasteiger partial charge is 0.0622 e. The van der Waals surface area contributed by atoms with E-state index in [0.29, 0.717) is 0 Å². The Morgan fingerprint density at radius 2 is 1.06 bits per heavy atom. The molecule has 2 rings (SSSR count). The lowest BCUT2D eigenvalue weighted by atomic mass is 10.1. The van der Waals surface area contributed by atoms with Crippen LogP contribution in [-0.2, 0) is 0 Å². The first-order valence-corrected chi connectivity index (χ1v) is 5.65. The highest BCUT2D eigenvalue weighted by Gasteiger charge is 1.91. The van der Waals surface area contributed by atoms with Crippen molar-refractivity contribution in [2.45, 2.75) is 27.7 Å². The molecule has 0 bridgehead atoms. The molecular weight excluding hydrogens is 192 g/mol. The third kappa shape index (κ3) is 3.90. The summed E-state index contributed by atoms with van der Waals surface area (Å²) in [6.07, 6.45) is 0. The molecule has 0 nitrogen and oxygen atoms in total. The van der Waals surface area contributed by atoms with Gasteiger partial charge in [-0.2, -0.15) is 0 Å². The SMILES string of the molecule is Cc1cccc(C)c1C.Cc1ccccc1. The zero-order chi connectivity index (χ0) is 12.0. The van der Waals surface area contributed by atoms with Crippen molar-refractivity contribution >= 4 is 0 Å². The van der Waals surface area contributed by atoms with Crippen molar-refractivity contribution in [2.75, 3.05) is 0 Å². The van der Waals surface area contributed by atoms with E-state index in [9.17, 15) is 0 Å². The van der Waals surface area contributed by atoms with E-state index in [1.807, 2.05) is 18.2 Å². The summed E-state index contributed by atoms with van der Waals surface area (Å²) in [7, 11) is 0. The first-order valence-electron chi connectivity index (χ1n) is 5.65. The molecule has 0 aromatic heterocycles. The molecule has 0 heteroatoms. The lowest BCUT2D eigenvalue weighted by molar-refractivity contribution is 1.27. The van der Waals surface area contributed by atoms with Gasteiger partial charge in [-0.1, -0.05) is 54.1 Å². The summed E-state index contributed by atoms with van der Waals surface area (Å²) in [5, 5.41) is 0. The van der Waals surface area contributed by atoms with Crippen LogP contribution in [-0.4, -0.2) is 0 Å². The molecule has 0 unspecified atom stereocenters. The van der Waals surface area contributed by atoms with Crippen molar-refractivity contribution < 1.29 is 0 Å². The quantitative estimate of drug-likeness (QED) is 0.598. The van der Waals surface area contributed by atoms with Gasteiger partial charge in [0.25, 0.3) is 0 Å². The molecule has 0 saturated heterocycles. The summed E-state index contributed by atoms with van der Waals surface area (Å²) >= 11 is 0. The summed E-state index contributed by atoms with van der Waals surface area (Å²) in [5.41, 5.74) is 5.50. The predicted octanol–water partition coefficient (Wildman–Crippen LogP) is 4.61. The minimum absolute atomic E-state index is 1.32. The average molecular weight is 212 g/mol. The van der Waals surface area contributed by atoms with Gasteiger partial charge in [-0.25, -0.2) is 0 Å². The van der Waals surface area contributed by atoms with Crippen LogP contribution in [0.1, 0.15) is 22.3 Å². The van der Waals surface area contributed by atoms with Gasteiger partial charge in [0, 0.05) is 0 Å². The van der Waals surface area contributed by atoms with Gasteiger partial charge in [0.1, 0.15) is 0 Å². The third-order valence-corrected chi connectivity index (χ3v) is 2.82. The minimum Gasteiger partial charge on any atom is -0.0622 e. The lowest BCUT2D eigenvalue weighted by Crippen LogP contribution is -1.82. The van der Waals surface area contributed by atoms with Gasteiger partial charge < -0.3 is 0 Å². The minimum atomic E-state index is 1.32. The molecule has 0 radical (unpaired) electrons. The molecule has 0 fully saturated rings. The maximum atomic E-state index is 2.16. The van der Waals surface area contributed by atoms with Crippen LogP contribution < -0.4 is 0 Å². The van der Waals surface area contributed by atoms with E-state index in [1.165, 1.54) is 22.3 Å². The van der Waals surface area contributed by atoms with Crippen LogP contribution in [0.4, 0.5) is 0 Å². The lowest BCUT2D eigenvalue weighted by Gasteiger charge is -2.00. The van der Waals surface area contributed by atoms with Crippen molar-refractivity contribution in [1.29, 1.82) is 0 Å². The van der Waals surface area contributed by atoms with Crippen molar-refractivity contribution in [3.05, 3.63) is 70.8 Å². The van der Waals surface area contributed by atoms with Gasteiger partial charge >= 0.3 is 0 Å². The van der Waals surface area contributed by atoms with E-state index < -0.39 is 0 Å². The smallest absolute Gasteiger partial charge is 0.0392 e. The van der Waals surface area contributed by atoms with Crippen molar-refractivity contribution in [1.82, 2.24) is 0 Å². The van der Waals surface area contributed by atoms with E-state index >= 15 is 0 Å². The van der Waals surface area contributed by atoms with Gasteiger partial charge in [0.2, 0.25) is 0 Å². The molecule has 0 atom stereocenters. The normalized spacial score (nSPS) is 9.25. The van der Waals surface area contributed by atoms with Crippen LogP contribution in [0.5, 0.6) is 0 Å². The van der Waals surface area contributed by atoms with Gasteiger partial charge in [0.05, 0.1) is 0 Å². The van der Waals surface area contributed by atoms with Crippen molar-refractivity contribution in [3.63, 3.8) is 0 Å². The Balaban J connectivity index is 0.000000165. The van der Waals surface area contributed by atoms with Crippen LogP contribution in [0.15, 0.2) is 48.5 Å². The standard InChI is InChI=1S/C9H12.C7H8/c1-7-5-4-6-8(2)9(7)3;1-7-5-3-2-4-6-7/h4-6H,1-3H3;2-6H,1H3. The Morgan fingerprint density at radius 1 is 0.562 bits per heavy atom. The fourth-order valence-electron chi connectivity index (χ4n) is 1.43. The highest BCUT2D eigenvalue weighted by molar-refractivity contribution is 5.31. The third-order valence-electron chi connectivity index (χ3n) is 2.82. The molecule has 0 N–H and O–H groups in total.